The van der Waals surface area contributed by atoms with Gasteiger partial charge >= 0.3 is 17.9 Å². The summed E-state index contributed by atoms with van der Waals surface area (Å²) in [5.74, 6) is 8.71. The van der Waals surface area contributed by atoms with Crippen molar-refractivity contribution < 1.29 is 28.6 Å². The molecular weight excluding hydrogens is 300 g/mol. The number of rotatable bonds is 3. The van der Waals surface area contributed by atoms with E-state index in [1.165, 1.54) is 26.8 Å². The normalized spacial score (nSPS) is 24.0. The van der Waals surface area contributed by atoms with Crippen LogP contribution in [0.2, 0.25) is 0 Å². The number of hydrogen-bond donors (Lipinski definition) is 0. The topological polar surface area (TPSA) is 78.9 Å². The Morgan fingerprint density at radius 2 is 1.48 bits per heavy atom. The number of ether oxygens (including phenoxy) is 3. The Hall–Kier alpha value is -2.99. The fourth-order valence-electron chi connectivity index (χ4n) is 1.67. The smallest absolute Gasteiger partial charge is 0.304 e. The fraction of sp³-hybridized carbons (Fsp3) is 0.353. The summed E-state index contributed by atoms with van der Waals surface area (Å²) in [5.41, 5.74) is 0.434. The molecule has 1 aliphatic carbocycles. The minimum absolute atomic E-state index is 0.434. The lowest BCUT2D eigenvalue weighted by molar-refractivity contribution is -0.173. The van der Waals surface area contributed by atoms with Crippen LogP contribution in [0.5, 0.6) is 0 Å². The standard InChI is InChI=1S/C17H16O6/c1-11-7-5-6-8-15(21-12(2)18)17(23-14(4)20)16(10-9-11)22-13(3)19/h5,7,15-17H,1H2,2-4H3/b7-5+/t15-,16+,17?/m0/s1. The van der Waals surface area contributed by atoms with Crippen LogP contribution < -0.4 is 0 Å². The van der Waals surface area contributed by atoms with Crippen molar-refractivity contribution in [2.24, 2.45) is 0 Å². The third-order valence-corrected chi connectivity index (χ3v) is 2.45. The van der Waals surface area contributed by atoms with Crippen LogP contribution in [0, 0.1) is 23.7 Å². The molecule has 23 heavy (non-hydrogen) atoms. The maximum Gasteiger partial charge on any atom is 0.304 e. The van der Waals surface area contributed by atoms with Crippen LogP contribution in [-0.2, 0) is 28.6 Å². The lowest BCUT2D eigenvalue weighted by atomic mass is 10.1. The van der Waals surface area contributed by atoms with Crippen molar-refractivity contribution in [3.63, 3.8) is 0 Å². The van der Waals surface area contributed by atoms with Gasteiger partial charge in [0, 0.05) is 26.3 Å². The molecule has 6 heteroatoms. The highest BCUT2D eigenvalue weighted by atomic mass is 16.6. The zero-order valence-electron chi connectivity index (χ0n) is 13.0. The van der Waals surface area contributed by atoms with Gasteiger partial charge in [0.25, 0.3) is 0 Å². The maximum absolute atomic E-state index is 11.4. The SMILES string of the molecule is C=C1C#C[C@@H](OC(C)=O)C(OC(C)=O)[C@@H](OC(C)=O)C#C/C=C/1. The molecule has 0 heterocycles. The summed E-state index contributed by atoms with van der Waals surface area (Å²) in [4.78, 5) is 33.9. The van der Waals surface area contributed by atoms with E-state index in [2.05, 4.69) is 30.3 Å². The molecule has 0 radical (unpaired) electrons. The molecule has 1 aliphatic rings. The number of esters is 3. The van der Waals surface area contributed by atoms with E-state index in [9.17, 15) is 14.4 Å². The van der Waals surface area contributed by atoms with Crippen molar-refractivity contribution in [2.75, 3.05) is 0 Å². The first-order valence-corrected chi connectivity index (χ1v) is 6.69. The Labute approximate surface area is 134 Å². The minimum atomic E-state index is -1.18. The minimum Gasteiger partial charge on any atom is -0.452 e. The van der Waals surface area contributed by atoms with Crippen LogP contribution in [-0.4, -0.2) is 36.2 Å². The highest BCUT2D eigenvalue weighted by Crippen LogP contribution is 2.14. The molecule has 120 valence electrons. The van der Waals surface area contributed by atoms with E-state index in [-0.39, 0.29) is 0 Å². The number of hydrogen-bond acceptors (Lipinski definition) is 6. The van der Waals surface area contributed by atoms with Gasteiger partial charge in [0.15, 0.2) is 6.10 Å². The molecule has 0 aromatic carbocycles. The van der Waals surface area contributed by atoms with Gasteiger partial charge in [-0.2, -0.15) is 0 Å². The van der Waals surface area contributed by atoms with Gasteiger partial charge in [-0.05, 0) is 24.0 Å². The van der Waals surface area contributed by atoms with Gasteiger partial charge in [0.05, 0.1) is 0 Å². The van der Waals surface area contributed by atoms with Crippen molar-refractivity contribution in [3.8, 4) is 23.7 Å². The summed E-state index contributed by atoms with van der Waals surface area (Å²) in [5, 5.41) is 0. The predicted molar refractivity (Wildman–Crippen MR) is 80.5 cm³/mol. The first-order valence-electron chi connectivity index (χ1n) is 6.69. The molecule has 0 aliphatic heterocycles. The Bertz CT molecular complexity index is 665. The van der Waals surface area contributed by atoms with E-state index in [4.69, 9.17) is 14.2 Å². The van der Waals surface area contributed by atoms with Crippen molar-refractivity contribution in [1.82, 2.24) is 0 Å². The molecule has 1 rings (SSSR count). The molecule has 0 spiro atoms. The molecule has 3 atom stereocenters. The molecule has 0 N–H and O–H groups in total. The molecule has 0 fully saturated rings. The zero-order valence-corrected chi connectivity index (χ0v) is 13.0. The summed E-state index contributed by atoms with van der Waals surface area (Å²) in [6.07, 6.45) is -0.435. The second-order valence-corrected chi connectivity index (χ2v) is 4.55. The summed E-state index contributed by atoms with van der Waals surface area (Å²) in [6, 6.07) is 0. The molecule has 0 saturated heterocycles. The van der Waals surface area contributed by atoms with E-state index >= 15 is 0 Å². The Kier molecular flexibility index (Phi) is 6.64. The Balaban J connectivity index is 3.33. The fourth-order valence-corrected chi connectivity index (χ4v) is 1.67. The van der Waals surface area contributed by atoms with E-state index in [0.717, 1.165) is 0 Å². The van der Waals surface area contributed by atoms with Gasteiger partial charge in [-0.25, -0.2) is 0 Å². The number of carbonyl (C=O) groups excluding carboxylic acids is 3. The maximum atomic E-state index is 11.4. The summed E-state index contributed by atoms with van der Waals surface area (Å²) < 4.78 is 15.3. The molecular formula is C17H16O6. The van der Waals surface area contributed by atoms with E-state index < -0.39 is 36.2 Å². The van der Waals surface area contributed by atoms with Gasteiger partial charge in [0.1, 0.15) is 0 Å². The van der Waals surface area contributed by atoms with E-state index in [1.54, 1.807) is 6.08 Å². The van der Waals surface area contributed by atoms with Gasteiger partial charge in [0.2, 0.25) is 12.2 Å². The second-order valence-electron chi connectivity index (χ2n) is 4.55. The van der Waals surface area contributed by atoms with Crippen LogP contribution in [0.1, 0.15) is 20.8 Å². The van der Waals surface area contributed by atoms with Crippen LogP contribution >= 0.6 is 0 Å². The van der Waals surface area contributed by atoms with Crippen LogP contribution in [0.15, 0.2) is 24.3 Å². The first-order chi connectivity index (χ1) is 10.8. The quantitative estimate of drug-likeness (QED) is 0.437. The van der Waals surface area contributed by atoms with Gasteiger partial charge in [-0.3, -0.25) is 14.4 Å². The number of allylic oxidation sites excluding steroid dienone is 3. The van der Waals surface area contributed by atoms with Gasteiger partial charge < -0.3 is 14.2 Å². The molecule has 1 unspecified atom stereocenters. The van der Waals surface area contributed by atoms with Crippen molar-refractivity contribution in [2.45, 2.75) is 39.1 Å². The van der Waals surface area contributed by atoms with Crippen molar-refractivity contribution in [1.29, 1.82) is 0 Å². The highest BCUT2D eigenvalue weighted by Gasteiger charge is 2.35. The van der Waals surface area contributed by atoms with E-state index in [1.807, 2.05) is 0 Å². The van der Waals surface area contributed by atoms with Crippen LogP contribution in [0.3, 0.4) is 0 Å². The van der Waals surface area contributed by atoms with Crippen LogP contribution in [0.25, 0.3) is 0 Å². The highest BCUT2D eigenvalue weighted by molar-refractivity contribution is 5.69. The van der Waals surface area contributed by atoms with Gasteiger partial charge in [-0.1, -0.05) is 18.4 Å². The third-order valence-electron chi connectivity index (χ3n) is 2.45. The summed E-state index contributed by atoms with van der Waals surface area (Å²) >= 11 is 0. The zero-order chi connectivity index (χ0) is 17.4. The predicted octanol–water partition coefficient (Wildman–Crippen LogP) is 0.914. The molecule has 0 amide bonds. The molecule has 0 saturated carbocycles. The number of carbonyl (C=O) groups is 3. The van der Waals surface area contributed by atoms with E-state index in [0.29, 0.717) is 5.57 Å². The molecule has 0 aromatic heterocycles. The largest absolute Gasteiger partial charge is 0.452 e. The third kappa shape index (κ3) is 6.54. The average Bonchev–Trinajstić information content (AvgIpc) is 2.42. The lowest BCUT2D eigenvalue weighted by Gasteiger charge is -2.26. The Morgan fingerprint density at radius 3 is 2.00 bits per heavy atom. The van der Waals surface area contributed by atoms with Crippen LogP contribution in [0.4, 0.5) is 0 Å². The first kappa shape index (κ1) is 18.1. The monoisotopic (exact) mass is 316 g/mol. The lowest BCUT2D eigenvalue weighted by Crippen LogP contribution is -2.44. The summed E-state index contributed by atoms with van der Waals surface area (Å²) in [7, 11) is 0. The molecule has 0 aromatic rings. The van der Waals surface area contributed by atoms with Crippen molar-refractivity contribution >= 4 is 17.9 Å². The second kappa shape index (κ2) is 8.45. The van der Waals surface area contributed by atoms with Gasteiger partial charge in [-0.15, -0.1) is 0 Å². The van der Waals surface area contributed by atoms with Crippen molar-refractivity contribution in [3.05, 3.63) is 24.3 Å². The molecule has 0 bridgehead atoms. The average molecular weight is 316 g/mol. The molecule has 6 nitrogen and oxygen atoms in total. The summed E-state index contributed by atoms with van der Waals surface area (Å²) in [6.45, 7) is 7.25. The Morgan fingerprint density at radius 1 is 0.957 bits per heavy atom.